The lowest BCUT2D eigenvalue weighted by Crippen LogP contribution is -2.12. The largest absolute Gasteiger partial charge is 0.398 e. The first-order valence-corrected chi connectivity index (χ1v) is 6.91. The van der Waals surface area contributed by atoms with Crippen molar-refractivity contribution >= 4 is 40.5 Å². The number of carbonyl (C=O) groups is 1. The Morgan fingerprint density at radius 3 is 2.50 bits per heavy atom. The molecule has 3 N–H and O–H groups in total. The predicted molar refractivity (Wildman–Crippen MR) is 84.6 cm³/mol. The Bertz CT molecular complexity index is 656. The molecule has 0 aliphatic rings. The van der Waals surface area contributed by atoms with Gasteiger partial charge in [0.25, 0.3) is 5.91 Å². The summed E-state index contributed by atoms with van der Waals surface area (Å²) >= 11 is 11.9. The van der Waals surface area contributed by atoms with Gasteiger partial charge in [0.05, 0.1) is 21.4 Å². The summed E-state index contributed by atoms with van der Waals surface area (Å²) in [6, 6.07) is 10.3. The van der Waals surface area contributed by atoms with Crippen LogP contribution in [-0.2, 0) is 6.42 Å². The number of halogens is 2. The zero-order valence-corrected chi connectivity index (χ0v) is 12.4. The van der Waals surface area contributed by atoms with Gasteiger partial charge >= 0.3 is 0 Å². The van der Waals surface area contributed by atoms with Crippen LogP contribution >= 0.6 is 23.2 Å². The van der Waals surface area contributed by atoms with Crippen molar-refractivity contribution in [1.29, 1.82) is 0 Å². The second-order valence-corrected chi connectivity index (χ2v) is 5.17. The van der Waals surface area contributed by atoms with Crippen LogP contribution in [0.4, 0.5) is 11.4 Å². The summed E-state index contributed by atoms with van der Waals surface area (Å²) < 4.78 is 0. The van der Waals surface area contributed by atoms with Gasteiger partial charge in [-0.05, 0) is 42.3 Å². The molecule has 5 heteroatoms. The number of hydrogen-bond donors (Lipinski definition) is 2. The van der Waals surface area contributed by atoms with E-state index >= 15 is 0 Å². The van der Waals surface area contributed by atoms with Gasteiger partial charge in [0.15, 0.2) is 0 Å². The van der Waals surface area contributed by atoms with Gasteiger partial charge < -0.3 is 11.1 Å². The second kappa shape index (κ2) is 6.16. The molecular weight excluding hydrogens is 295 g/mol. The average Bonchev–Trinajstić information content (AvgIpc) is 2.44. The van der Waals surface area contributed by atoms with Crippen molar-refractivity contribution in [2.75, 3.05) is 11.1 Å². The number of aryl methyl sites for hydroxylation is 1. The maximum absolute atomic E-state index is 12.2. The van der Waals surface area contributed by atoms with Gasteiger partial charge in [-0.3, -0.25) is 4.79 Å². The molecule has 0 atom stereocenters. The number of anilines is 2. The molecular formula is C15H14Cl2N2O. The molecule has 2 rings (SSSR count). The molecule has 104 valence electrons. The Morgan fingerprint density at radius 1 is 1.15 bits per heavy atom. The summed E-state index contributed by atoms with van der Waals surface area (Å²) in [5, 5.41) is 3.70. The van der Waals surface area contributed by atoms with Crippen molar-refractivity contribution in [3.63, 3.8) is 0 Å². The minimum atomic E-state index is -0.275. The van der Waals surface area contributed by atoms with Crippen molar-refractivity contribution < 1.29 is 4.79 Å². The number of nitrogens with one attached hydrogen (secondary N) is 1. The van der Waals surface area contributed by atoms with Gasteiger partial charge in [-0.2, -0.15) is 0 Å². The molecule has 2 aromatic carbocycles. The van der Waals surface area contributed by atoms with Gasteiger partial charge in [-0.1, -0.05) is 36.2 Å². The van der Waals surface area contributed by atoms with E-state index in [1.54, 1.807) is 18.2 Å². The molecule has 0 saturated heterocycles. The molecule has 0 spiro atoms. The van der Waals surface area contributed by atoms with Crippen LogP contribution in [0.1, 0.15) is 22.8 Å². The third-order valence-electron chi connectivity index (χ3n) is 2.95. The summed E-state index contributed by atoms with van der Waals surface area (Å²) in [5.74, 6) is -0.275. The highest BCUT2D eigenvalue weighted by Gasteiger charge is 2.10. The first kappa shape index (κ1) is 14.7. The van der Waals surface area contributed by atoms with Crippen LogP contribution in [0.2, 0.25) is 10.0 Å². The summed E-state index contributed by atoms with van der Waals surface area (Å²) in [6.45, 7) is 2.04. The predicted octanol–water partition coefficient (Wildman–Crippen LogP) is 4.39. The van der Waals surface area contributed by atoms with Gasteiger partial charge in [0.2, 0.25) is 0 Å². The minimum absolute atomic E-state index is 0.275. The average molecular weight is 309 g/mol. The van der Waals surface area contributed by atoms with E-state index in [1.807, 2.05) is 19.1 Å². The fourth-order valence-corrected chi connectivity index (χ4v) is 2.05. The maximum Gasteiger partial charge on any atom is 0.255 e. The van der Waals surface area contributed by atoms with E-state index in [2.05, 4.69) is 5.32 Å². The van der Waals surface area contributed by atoms with Crippen molar-refractivity contribution in [2.45, 2.75) is 13.3 Å². The lowest BCUT2D eigenvalue weighted by Gasteiger charge is -2.09. The first-order chi connectivity index (χ1) is 9.51. The minimum Gasteiger partial charge on any atom is -0.398 e. The molecule has 2 aromatic rings. The molecule has 1 amide bonds. The number of benzene rings is 2. The van der Waals surface area contributed by atoms with Gasteiger partial charge in [-0.25, -0.2) is 0 Å². The highest BCUT2D eigenvalue weighted by atomic mass is 35.5. The standard InChI is InChI=1S/C15H14Cl2N2O/c1-2-9-3-5-12(17)14(7-9)19-15(20)10-4-6-11(16)13(18)8-10/h3-8H,2,18H2,1H3,(H,19,20). The lowest BCUT2D eigenvalue weighted by molar-refractivity contribution is 0.102. The normalized spacial score (nSPS) is 10.3. The lowest BCUT2D eigenvalue weighted by atomic mass is 10.1. The number of rotatable bonds is 3. The Labute approximate surface area is 127 Å². The third-order valence-corrected chi connectivity index (χ3v) is 3.62. The van der Waals surface area contributed by atoms with Crippen LogP contribution in [-0.4, -0.2) is 5.91 Å². The fraction of sp³-hybridized carbons (Fsp3) is 0.133. The van der Waals surface area contributed by atoms with E-state index in [0.717, 1.165) is 12.0 Å². The van der Waals surface area contributed by atoms with E-state index < -0.39 is 0 Å². The zero-order chi connectivity index (χ0) is 14.7. The van der Waals surface area contributed by atoms with Crippen molar-refractivity contribution in [3.05, 3.63) is 57.6 Å². The number of carbonyl (C=O) groups excluding carboxylic acids is 1. The number of amides is 1. The smallest absolute Gasteiger partial charge is 0.255 e. The number of nitrogen functional groups attached to an aromatic ring is 1. The topological polar surface area (TPSA) is 55.1 Å². The van der Waals surface area contributed by atoms with Crippen LogP contribution < -0.4 is 11.1 Å². The van der Waals surface area contributed by atoms with Gasteiger partial charge in [-0.15, -0.1) is 0 Å². The number of nitrogens with two attached hydrogens (primary N) is 1. The van der Waals surface area contributed by atoms with Crippen molar-refractivity contribution in [3.8, 4) is 0 Å². The maximum atomic E-state index is 12.2. The molecule has 0 bridgehead atoms. The molecule has 0 unspecified atom stereocenters. The summed E-state index contributed by atoms with van der Waals surface area (Å²) in [7, 11) is 0. The second-order valence-electron chi connectivity index (χ2n) is 4.36. The van der Waals surface area contributed by atoms with Crippen molar-refractivity contribution in [2.24, 2.45) is 0 Å². The molecule has 20 heavy (non-hydrogen) atoms. The van der Waals surface area contributed by atoms with E-state index in [0.29, 0.717) is 27.0 Å². The summed E-state index contributed by atoms with van der Waals surface area (Å²) in [6.07, 6.45) is 0.869. The molecule has 0 aromatic heterocycles. The van der Waals surface area contributed by atoms with Crippen molar-refractivity contribution in [1.82, 2.24) is 0 Å². The Morgan fingerprint density at radius 2 is 1.85 bits per heavy atom. The Hall–Kier alpha value is -1.71. The first-order valence-electron chi connectivity index (χ1n) is 6.16. The highest BCUT2D eigenvalue weighted by Crippen LogP contribution is 2.25. The van der Waals surface area contributed by atoms with Gasteiger partial charge in [0, 0.05) is 5.56 Å². The SMILES string of the molecule is CCc1ccc(Cl)c(NC(=O)c2ccc(Cl)c(N)c2)c1. The molecule has 0 aliphatic carbocycles. The molecule has 0 heterocycles. The van der Waals surface area contributed by atoms with Crippen LogP contribution in [0.15, 0.2) is 36.4 Å². The molecule has 0 fully saturated rings. The van der Waals surface area contributed by atoms with E-state index in [9.17, 15) is 4.79 Å². The van der Waals surface area contributed by atoms with Crippen LogP contribution in [0.25, 0.3) is 0 Å². The fourth-order valence-electron chi connectivity index (χ4n) is 1.77. The molecule has 3 nitrogen and oxygen atoms in total. The quantitative estimate of drug-likeness (QED) is 0.826. The van der Waals surface area contributed by atoms with E-state index in [1.165, 1.54) is 6.07 Å². The van der Waals surface area contributed by atoms with Gasteiger partial charge in [0.1, 0.15) is 0 Å². The van der Waals surface area contributed by atoms with Crippen LogP contribution in [0.5, 0.6) is 0 Å². The zero-order valence-electron chi connectivity index (χ0n) is 10.9. The van der Waals surface area contributed by atoms with E-state index in [-0.39, 0.29) is 5.91 Å². The summed E-state index contributed by atoms with van der Waals surface area (Å²) in [5.41, 5.74) is 8.18. The number of hydrogen-bond acceptors (Lipinski definition) is 2. The highest BCUT2D eigenvalue weighted by molar-refractivity contribution is 6.34. The Kier molecular flexibility index (Phi) is 4.53. The molecule has 0 radical (unpaired) electrons. The third kappa shape index (κ3) is 3.24. The summed E-state index contributed by atoms with van der Waals surface area (Å²) in [4.78, 5) is 12.2. The van der Waals surface area contributed by atoms with E-state index in [4.69, 9.17) is 28.9 Å². The molecule has 0 saturated carbocycles. The van der Waals surface area contributed by atoms with Crippen LogP contribution in [0.3, 0.4) is 0 Å². The Balaban J connectivity index is 2.25. The van der Waals surface area contributed by atoms with Crippen LogP contribution in [0, 0.1) is 0 Å². The molecule has 0 aliphatic heterocycles. The monoisotopic (exact) mass is 308 g/mol.